The molecular formula is C20H32N4O4S. The summed E-state index contributed by atoms with van der Waals surface area (Å²) in [6, 6.07) is 6.79. The highest BCUT2D eigenvalue weighted by atomic mass is 32.2. The number of nitrogens with zero attached hydrogens (tertiary/aromatic N) is 3. The lowest BCUT2D eigenvalue weighted by Crippen LogP contribution is -2.46. The number of carbonyl (C=O) groups is 1. The van der Waals surface area contributed by atoms with Gasteiger partial charge in [0.15, 0.2) is 5.96 Å². The van der Waals surface area contributed by atoms with Gasteiger partial charge in [0.05, 0.1) is 24.0 Å². The Hall–Kier alpha value is -2.13. The molecule has 1 N–H and O–H groups in total. The molecule has 0 radical (unpaired) electrons. The molecule has 1 fully saturated rings. The van der Waals surface area contributed by atoms with Crippen molar-refractivity contribution in [1.29, 1.82) is 0 Å². The summed E-state index contributed by atoms with van der Waals surface area (Å²) >= 11 is 0. The molecule has 1 aromatic rings. The summed E-state index contributed by atoms with van der Waals surface area (Å²) in [6.45, 7) is 6.94. The molecule has 8 nitrogen and oxygen atoms in total. The highest BCUT2D eigenvalue weighted by molar-refractivity contribution is 7.89. The molecular weight excluding hydrogens is 392 g/mol. The van der Waals surface area contributed by atoms with Crippen molar-refractivity contribution in [3.8, 4) is 0 Å². The number of ether oxygens (including phenoxy) is 1. The van der Waals surface area contributed by atoms with Crippen LogP contribution in [0.2, 0.25) is 0 Å². The number of likely N-dealkylation sites (tertiary alicyclic amines) is 1. The van der Waals surface area contributed by atoms with Gasteiger partial charge in [-0.25, -0.2) is 17.7 Å². The number of aliphatic imine (C=N–C) groups is 1. The molecule has 2 rings (SSSR count). The van der Waals surface area contributed by atoms with E-state index >= 15 is 0 Å². The third kappa shape index (κ3) is 6.17. The lowest BCUT2D eigenvalue weighted by molar-refractivity contribution is -0.149. The van der Waals surface area contributed by atoms with E-state index in [0.717, 1.165) is 44.0 Å². The molecule has 1 saturated heterocycles. The van der Waals surface area contributed by atoms with Crippen LogP contribution < -0.4 is 5.32 Å². The first-order valence-corrected chi connectivity index (χ1v) is 11.4. The highest BCUT2D eigenvalue weighted by Gasteiger charge is 2.27. The number of nitrogens with one attached hydrogen (secondary N) is 1. The normalized spacial score (nSPS) is 16.2. The van der Waals surface area contributed by atoms with Crippen molar-refractivity contribution >= 4 is 22.0 Å². The summed E-state index contributed by atoms with van der Waals surface area (Å²) in [7, 11) is -0.398. The quantitative estimate of drug-likeness (QED) is 0.407. The van der Waals surface area contributed by atoms with Crippen LogP contribution in [0.3, 0.4) is 0 Å². The van der Waals surface area contributed by atoms with Gasteiger partial charge in [0.25, 0.3) is 0 Å². The number of guanidine groups is 1. The maximum Gasteiger partial charge on any atom is 0.309 e. The van der Waals surface area contributed by atoms with Crippen LogP contribution in [0.4, 0.5) is 0 Å². The summed E-state index contributed by atoms with van der Waals surface area (Å²) in [4.78, 5) is 19.0. The summed E-state index contributed by atoms with van der Waals surface area (Å²) in [5, 5.41) is 3.30. The molecule has 0 unspecified atom stereocenters. The predicted octanol–water partition coefficient (Wildman–Crippen LogP) is 1.68. The number of benzene rings is 1. The van der Waals surface area contributed by atoms with Crippen molar-refractivity contribution in [2.45, 2.75) is 38.1 Å². The largest absolute Gasteiger partial charge is 0.466 e. The molecule has 9 heteroatoms. The monoisotopic (exact) mass is 424 g/mol. The van der Waals surface area contributed by atoms with E-state index in [2.05, 4.69) is 10.2 Å². The molecule has 0 aliphatic carbocycles. The lowest BCUT2D eigenvalue weighted by atomic mass is 9.97. The zero-order chi connectivity index (χ0) is 21.4. The maximum absolute atomic E-state index is 12.2. The summed E-state index contributed by atoms with van der Waals surface area (Å²) < 4.78 is 30.7. The first-order chi connectivity index (χ1) is 13.8. The molecule has 0 saturated carbocycles. The smallest absolute Gasteiger partial charge is 0.309 e. The minimum atomic E-state index is -3.43. The maximum atomic E-state index is 12.2. The third-order valence-corrected chi connectivity index (χ3v) is 6.69. The van der Waals surface area contributed by atoms with Gasteiger partial charge in [-0.3, -0.25) is 4.79 Å². The number of hydrogen-bond donors (Lipinski definition) is 1. The molecule has 1 aromatic carbocycles. The van der Waals surface area contributed by atoms with Crippen molar-refractivity contribution in [3.05, 3.63) is 29.8 Å². The molecule has 0 amide bonds. The van der Waals surface area contributed by atoms with Gasteiger partial charge >= 0.3 is 5.97 Å². The second kappa shape index (κ2) is 10.6. The van der Waals surface area contributed by atoms with E-state index in [1.165, 1.54) is 18.4 Å². The fraction of sp³-hybridized carbons (Fsp3) is 0.600. The van der Waals surface area contributed by atoms with Gasteiger partial charge in [-0.2, -0.15) is 0 Å². The predicted molar refractivity (Wildman–Crippen MR) is 113 cm³/mol. The van der Waals surface area contributed by atoms with Gasteiger partial charge in [-0.15, -0.1) is 0 Å². The SMILES string of the molecule is CCNC(=NCc1ccc(S(=O)(=O)N(C)C)cc1)N1CCC(C(=O)OCC)CC1. The van der Waals surface area contributed by atoms with E-state index in [1.807, 2.05) is 13.8 Å². The Morgan fingerprint density at radius 1 is 1.21 bits per heavy atom. The second-order valence-electron chi connectivity index (χ2n) is 7.11. The van der Waals surface area contributed by atoms with Crippen molar-refractivity contribution in [1.82, 2.24) is 14.5 Å². The average Bonchev–Trinajstić information content (AvgIpc) is 2.71. The Bertz CT molecular complexity index is 798. The highest BCUT2D eigenvalue weighted by Crippen LogP contribution is 2.19. The van der Waals surface area contributed by atoms with Gasteiger partial charge < -0.3 is 15.0 Å². The Morgan fingerprint density at radius 2 is 1.83 bits per heavy atom. The first-order valence-electron chi connectivity index (χ1n) is 10.0. The topological polar surface area (TPSA) is 91.3 Å². The second-order valence-corrected chi connectivity index (χ2v) is 9.27. The van der Waals surface area contributed by atoms with E-state index < -0.39 is 10.0 Å². The van der Waals surface area contributed by atoms with Crippen molar-refractivity contribution in [3.63, 3.8) is 0 Å². The molecule has 1 aliphatic heterocycles. The van der Waals surface area contributed by atoms with E-state index in [4.69, 9.17) is 9.73 Å². The molecule has 29 heavy (non-hydrogen) atoms. The van der Waals surface area contributed by atoms with Gasteiger partial charge in [0.2, 0.25) is 10.0 Å². The van der Waals surface area contributed by atoms with Crippen LogP contribution in [0.15, 0.2) is 34.2 Å². The number of carbonyl (C=O) groups excluding carboxylic acids is 1. The van der Waals surface area contributed by atoms with Crippen molar-refractivity contribution < 1.29 is 17.9 Å². The number of esters is 1. The van der Waals surface area contributed by atoms with E-state index in [0.29, 0.717) is 13.2 Å². The number of piperidine rings is 1. The number of rotatable bonds is 7. The van der Waals surface area contributed by atoms with Gasteiger partial charge in [-0.1, -0.05) is 12.1 Å². The Kier molecular flexibility index (Phi) is 8.45. The standard InChI is InChI=1S/C20H32N4O4S/c1-5-21-20(24-13-11-17(12-14-24)19(25)28-6-2)22-15-16-7-9-18(10-8-16)29(26,27)23(3)4/h7-10,17H,5-6,11-15H2,1-4H3,(H,21,22). The van der Waals surface area contributed by atoms with E-state index in [-0.39, 0.29) is 16.8 Å². The van der Waals surface area contributed by atoms with Crippen LogP contribution in [-0.4, -0.2) is 69.9 Å². The minimum Gasteiger partial charge on any atom is -0.466 e. The van der Waals surface area contributed by atoms with Crippen LogP contribution >= 0.6 is 0 Å². The molecule has 1 heterocycles. The van der Waals surface area contributed by atoms with Gasteiger partial charge in [0, 0.05) is 33.7 Å². The summed E-state index contributed by atoms with van der Waals surface area (Å²) in [6.07, 6.45) is 1.50. The molecule has 0 aromatic heterocycles. The van der Waals surface area contributed by atoms with Crippen molar-refractivity contribution in [2.24, 2.45) is 10.9 Å². The van der Waals surface area contributed by atoms with Crippen LogP contribution in [0.25, 0.3) is 0 Å². The summed E-state index contributed by atoms with van der Waals surface area (Å²) in [5.74, 6) is 0.655. The zero-order valence-electron chi connectivity index (χ0n) is 17.7. The van der Waals surface area contributed by atoms with Crippen LogP contribution in [0, 0.1) is 5.92 Å². The zero-order valence-corrected chi connectivity index (χ0v) is 18.5. The molecule has 0 spiro atoms. The van der Waals surface area contributed by atoms with E-state index in [1.54, 1.807) is 24.3 Å². The van der Waals surface area contributed by atoms with Gasteiger partial charge in [-0.05, 0) is 44.4 Å². The third-order valence-electron chi connectivity index (χ3n) is 4.86. The first kappa shape index (κ1) is 23.2. The van der Waals surface area contributed by atoms with Crippen LogP contribution in [0.1, 0.15) is 32.3 Å². The number of hydrogen-bond acceptors (Lipinski definition) is 5. The minimum absolute atomic E-state index is 0.0414. The molecule has 162 valence electrons. The molecule has 0 atom stereocenters. The molecule has 1 aliphatic rings. The average molecular weight is 425 g/mol. The van der Waals surface area contributed by atoms with E-state index in [9.17, 15) is 13.2 Å². The van der Waals surface area contributed by atoms with Crippen LogP contribution in [0.5, 0.6) is 0 Å². The Morgan fingerprint density at radius 3 is 2.34 bits per heavy atom. The van der Waals surface area contributed by atoms with Gasteiger partial charge in [0.1, 0.15) is 0 Å². The fourth-order valence-electron chi connectivity index (χ4n) is 3.16. The summed E-state index contributed by atoms with van der Waals surface area (Å²) in [5.41, 5.74) is 0.930. The van der Waals surface area contributed by atoms with Crippen molar-refractivity contribution in [2.75, 3.05) is 40.3 Å². The van der Waals surface area contributed by atoms with Crippen LogP contribution in [-0.2, 0) is 26.1 Å². The lowest BCUT2D eigenvalue weighted by Gasteiger charge is -2.33. The Labute approximate surface area is 174 Å². The fourth-order valence-corrected chi connectivity index (χ4v) is 4.06. The number of sulfonamides is 1. The Balaban J connectivity index is 2.02. The molecule has 0 bridgehead atoms.